The van der Waals surface area contributed by atoms with Crippen LogP contribution in [0.4, 0.5) is 0 Å². The molecule has 1 aromatic carbocycles. The fourth-order valence-electron chi connectivity index (χ4n) is 3.16. The highest BCUT2D eigenvalue weighted by atomic mass is 32.2. The number of hydrogen-bond donors (Lipinski definition) is 3. The summed E-state index contributed by atoms with van der Waals surface area (Å²) in [5.74, 6) is 0.557. The first-order chi connectivity index (χ1) is 12.4. The molecule has 0 aromatic heterocycles. The van der Waals surface area contributed by atoms with E-state index in [1.54, 1.807) is 0 Å². The van der Waals surface area contributed by atoms with E-state index in [-0.39, 0.29) is 29.3 Å². The van der Waals surface area contributed by atoms with E-state index in [4.69, 9.17) is 15.2 Å². The molecule has 0 aliphatic heterocycles. The molecule has 2 rings (SSSR count). The van der Waals surface area contributed by atoms with Crippen molar-refractivity contribution in [3.63, 3.8) is 0 Å². The van der Waals surface area contributed by atoms with Crippen LogP contribution in [0.15, 0.2) is 23.1 Å². The molecule has 1 amide bonds. The lowest BCUT2D eigenvalue weighted by Gasteiger charge is -2.28. The Morgan fingerprint density at radius 2 is 1.85 bits per heavy atom. The third-order valence-corrected chi connectivity index (χ3v) is 6.12. The number of rotatable bonds is 9. The summed E-state index contributed by atoms with van der Waals surface area (Å²) in [7, 11) is -0.845. The van der Waals surface area contributed by atoms with Crippen molar-refractivity contribution in [3.05, 3.63) is 18.2 Å². The number of carbonyl (C=O) groups is 1. The van der Waals surface area contributed by atoms with Crippen molar-refractivity contribution >= 4 is 15.9 Å². The Balaban J connectivity index is 1.93. The van der Waals surface area contributed by atoms with Gasteiger partial charge < -0.3 is 20.5 Å². The minimum absolute atomic E-state index is 0.00314. The monoisotopic (exact) mass is 385 g/mol. The van der Waals surface area contributed by atoms with Gasteiger partial charge in [0.05, 0.1) is 24.7 Å². The fraction of sp³-hybridized carbons (Fsp3) is 0.588. The highest BCUT2D eigenvalue weighted by molar-refractivity contribution is 7.89. The predicted octanol–water partition coefficient (Wildman–Crippen LogP) is 0.760. The van der Waals surface area contributed by atoms with Crippen molar-refractivity contribution in [1.29, 1.82) is 0 Å². The molecule has 0 radical (unpaired) electrons. The van der Waals surface area contributed by atoms with Crippen LogP contribution < -0.4 is 25.2 Å². The molecule has 0 atom stereocenters. The van der Waals surface area contributed by atoms with Crippen LogP contribution >= 0.6 is 0 Å². The molecule has 8 nitrogen and oxygen atoms in total. The zero-order chi connectivity index (χ0) is 19.2. The quantitative estimate of drug-likeness (QED) is 0.577. The van der Waals surface area contributed by atoms with Gasteiger partial charge in [0.25, 0.3) is 0 Å². The lowest BCUT2D eigenvalue weighted by atomic mass is 9.97. The lowest BCUT2D eigenvalue weighted by Crippen LogP contribution is -2.52. The van der Waals surface area contributed by atoms with Crippen molar-refractivity contribution in [2.24, 2.45) is 5.73 Å². The largest absolute Gasteiger partial charge is 0.493 e. The molecule has 9 heteroatoms. The number of ether oxygens (including phenoxy) is 2. The van der Waals surface area contributed by atoms with E-state index in [2.05, 4.69) is 10.0 Å². The van der Waals surface area contributed by atoms with Crippen LogP contribution in [0.2, 0.25) is 0 Å². The lowest BCUT2D eigenvalue weighted by molar-refractivity contribution is -0.122. The van der Waals surface area contributed by atoms with Crippen molar-refractivity contribution in [3.8, 4) is 11.5 Å². The normalized spacial score (nSPS) is 16.3. The first kappa shape index (κ1) is 20.5. The predicted molar refractivity (Wildman–Crippen MR) is 97.7 cm³/mol. The summed E-state index contributed by atoms with van der Waals surface area (Å²) in [6.07, 6.45) is 3.88. The number of methoxy groups -OCH3 is 2. The van der Waals surface area contributed by atoms with E-state index < -0.39 is 10.0 Å². The molecule has 0 spiro atoms. The Hall–Kier alpha value is -1.84. The van der Waals surface area contributed by atoms with E-state index in [1.165, 1.54) is 32.4 Å². The molecule has 1 fully saturated rings. The minimum atomic E-state index is -3.75. The van der Waals surface area contributed by atoms with Gasteiger partial charge in [0, 0.05) is 25.6 Å². The summed E-state index contributed by atoms with van der Waals surface area (Å²) in [6.45, 7) is 0.402. The Bertz CT molecular complexity index is 730. The number of sulfonamides is 1. The van der Waals surface area contributed by atoms with E-state index >= 15 is 0 Å². The van der Waals surface area contributed by atoms with Crippen LogP contribution in [0, 0.1) is 0 Å². The minimum Gasteiger partial charge on any atom is -0.493 e. The average molecular weight is 385 g/mol. The third kappa shape index (κ3) is 4.87. The maximum absolute atomic E-state index is 12.4. The fourth-order valence-corrected chi connectivity index (χ4v) is 4.20. The van der Waals surface area contributed by atoms with Gasteiger partial charge in [0.1, 0.15) is 0 Å². The second kappa shape index (κ2) is 8.70. The van der Waals surface area contributed by atoms with Gasteiger partial charge in [-0.15, -0.1) is 0 Å². The molecule has 26 heavy (non-hydrogen) atoms. The number of nitrogens with two attached hydrogens (primary N) is 1. The van der Waals surface area contributed by atoms with Crippen molar-refractivity contribution in [2.75, 3.05) is 27.3 Å². The van der Waals surface area contributed by atoms with Crippen LogP contribution in [0.25, 0.3) is 0 Å². The molecular formula is C17H27N3O5S. The number of benzene rings is 1. The number of carbonyl (C=O) groups excluding carboxylic acids is 1. The van der Waals surface area contributed by atoms with Crippen LogP contribution in [-0.2, 0) is 14.8 Å². The zero-order valence-corrected chi connectivity index (χ0v) is 16.0. The third-order valence-electron chi connectivity index (χ3n) is 4.67. The maximum atomic E-state index is 12.4. The van der Waals surface area contributed by atoms with Gasteiger partial charge >= 0.3 is 0 Å². The Morgan fingerprint density at radius 3 is 2.42 bits per heavy atom. The molecule has 146 valence electrons. The van der Waals surface area contributed by atoms with Gasteiger partial charge in [-0.25, -0.2) is 13.1 Å². The summed E-state index contributed by atoms with van der Waals surface area (Å²) in [5.41, 5.74) is 5.46. The van der Waals surface area contributed by atoms with E-state index in [9.17, 15) is 13.2 Å². The van der Waals surface area contributed by atoms with Gasteiger partial charge in [-0.2, -0.15) is 0 Å². The molecule has 0 bridgehead atoms. The highest BCUT2D eigenvalue weighted by Crippen LogP contribution is 2.30. The Labute approximate surface area is 154 Å². The van der Waals surface area contributed by atoms with Gasteiger partial charge in [-0.05, 0) is 25.0 Å². The van der Waals surface area contributed by atoms with Gasteiger partial charge in [0.15, 0.2) is 11.5 Å². The zero-order valence-electron chi connectivity index (χ0n) is 15.2. The second-order valence-electron chi connectivity index (χ2n) is 6.40. The van der Waals surface area contributed by atoms with Gasteiger partial charge in [0.2, 0.25) is 15.9 Å². The molecule has 0 saturated heterocycles. The molecule has 0 unspecified atom stereocenters. The van der Waals surface area contributed by atoms with Crippen LogP contribution in [0.3, 0.4) is 0 Å². The van der Waals surface area contributed by atoms with Gasteiger partial charge in [-0.3, -0.25) is 4.79 Å². The maximum Gasteiger partial charge on any atom is 0.240 e. The topological polar surface area (TPSA) is 120 Å². The molecule has 0 heterocycles. The summed E-state index contributed by atoms with van der Waals surface area (Å²) in [4.78, 5) is 12.2. The summed E-state index contributed by atoms with van der Waals surface area (Å²) in [6, 6.07) is 4.32. The van der Waals surface area contributed by atoms with Crippen molar-refractivity contribution in [1.82, 2.24) is 10.0 Å². The summed E-state index contributed by atoms with van der Waals surface area (Å²) >= 11 is 0. The van der Waals surface area contributed by atoms with Crippen molar-refractivity contribution in [2.45, 2.75) is 42.5 Å². The first-order valence-corrected chi connectivity index (χ1v) is 10.1. The van der Waals surface area contributed by atoms with Crippen molar-refractivity contribution < 1.29 is 22.7 Å². The smallest absolute Gasteiger partial charge is 0.240 e. The van der Waals surface area contributed by atoms with Crippen LogP contribution in [-0.4, -0.2) is 47.2 Å². The first-order valence-electron chi connectivity index (χ1n) is 8.58. The average Bonchev–Trinajstić information content (AvgIpc) is 3.09. The number of amides is 1. The molecule has 1 aromatic rings. The molecular weight excluding hydrogens is 358 g/mol. The molecule has 1 aliphatic rings. The Morgan fingerprint density at radius 1 is 1.19 bits per heavy atom. The highest BCUT2D eigenvalue weighted by Gasteiger charge is 2.33. The van der Waals surface area contributed by atoms with Gasteiger partial charge in [-0.1, -0.05) is 12.8 Å². The number of hydrogen-bond acceptors (Lipinski definition) is 6. The molecule has 4 N–H and O–H groups in total. The number of nitrogens with one attached hydrogen (secondary N) is 2. The molecule has 1 aliphatic carbocycles. The van der Waals surface area contributed by atoms with E-state index in [0.29, 0.717) is 18.0 Å². The SMILES string of the molecule is COc1ccc(S(=O)(=O)NCCC(=O)NC2(CN)CCCC2)cc1OC. The van der Waals surface area contributed by atoms with E-state index in [1.807, 2.05) is 0 Å². The van der Waals surface area contributed by atoms with Crippen LogP contribution in [0.1, 0.15) is 32.1 Å². The Kier molecular flexibility index (Phi) is 6.85. The standard InChI is InChI=1S/C17H27N3O5S/c1-24-14-6-5-13(11-15(14)25-2)26(22,23)19-10-7-16(21)20-17(12-18)8-3-4-9-17/h5-6,11,19H,3-4,7-10,12,18H2,1-2H3,(H,20,21). The van der Waals surface area contributed by atoms with E-state index in [0.717, 1.165) is 25.7 Å². The second-order valence-corrected chi connectivity index (χ2v) is 8.17. The summed E-state index contributed by atoms with van der Waals surface area (Å²) < 4.78 is 37.4. The summed E-state index contributed by atoms with van der Waals surface area (Å²) in [5, 5.41) is 2.97. The van der Waals surface area contributed by atoms with Crippen LogP contribution in [0.5, 0.6) is 11.5 Å². The molecule has 1 saturated carbocycles.